The highest BCUT2D eigenvalue weighted by Crippen LogP contribution is 2.14. The summed E-state index contributed by atoms with van der Waals surface area (Å²) in [5.41, 5.74) is 0. The Morgan fingerprint density at radius 1 is 0.528 bits per heavy atom. The monoisotopic (exact) mass is 500 g/mol. The van der Waals surface area contributed by atoms with E-state index in [1.165, 1.54) is 25.7 Å². The van der Waals surface area contributed by atoms with Crippen LogP contribution in [0.1, 0.15) is 151 Å². The fourth-order valence-electron chi connectivity index (χ4n) is 3.95. The van der Waals surface area contributed by atoms with Crippen LogP contribution in [0.3, 0.4) is 0 Å². The highest BCUT2D eigenvalue weighted by Gasteiger charge is 1.97. The lowest BCUT2D eigenvalue weighted by atomic mass is 10.0. The molecule has 206 valence electrons. The summed E-state index contributed by atoms with van der Waals surface area (Å²) in [4.78, 5) is 10.5. The van der Waals surface area contributed by atoms with E-state index in [1.54, 1.807) is 0 Å². The van der Waals surface area contributed by atoms with Gasteiger partial charge in [-0.2, -0.15) is 0 Å². The summed E-state index contributed by atoms with van der Waals surface area (Å²) >= 11 is 0. The minimum absolute atomic E-state index is 0.298. The summed E-state index contributed by atoms with van der Waals surface area (Å²) in [6.07, 6.45) is 42.3. The molecule has 0 saturated carbocycles. The third-order valence-corrected chi connectivity index (χ3v) is 6.13. The van der Waals surface area contributed by atoms with Gasteiger partial charge in [0.05, 0.1) is 0 Å². The third-order valence-electron chi connectivity index (χ3n) is 6.13. The first-order valence-electron chi connectivity index (χ1n) is 15.9. The summed E-state index contributed by atoms with van der Waals surface area (Å²) in [6.45, 7) is 2.16. The van der Waals surface area contributed by atoms with Crippen LogP contribution < -0.4 is 0 Å². The lowest BCUT2D eigenvalue weighted by Crippen LogP contribution is -1.93. The minimum Gasteiger partial charge on any atom is -0.481 e. The van der Waals surface area contributed by atoms with Gasteiger partial charge in [-0.3, -0.25) is 4.79 Å². The van der Waals surface area contributed by atoms with Crippen molar-refractivity contribution in [2.24, 2.45) is 0 Å². The van der Waals surface area contributed by atoms with Crippen molar-refractivity contribution in [2.45, 2.75) is 148 Å². The minimum atomic E-state index is -1.01. The Morgan fingerprint density at radius 3 is 1.33 bits per heavy atom. The van der Waals surface area contributed by atoms with Crippen molar-refractivity contribution in [3.05, 3.63) is 60.8 Å². The number of hydrogen-bond donors (Lipinski definition) is 1. The second-order valence-corrected chi connectivity index (χ2v) is 9.63. The SMILES string of the molecule is [2H]C([2H])(CCCCC/C=C\C/C=C\C/C=C\C/C=C\C/C=C\CC)CCCCCCCCCCCC(=O)O. The predicted octanol–water partition coefficient (Wildman–Crippen LogP) is 11.5. The zero-order valence-corrected chi connectivity index (χ0v) is 23.5. The zero-order valence-electron chi connectivity index (χ0n) is 25.5. The highest BCUT2D eigenvalue weighted by molar-refractivity contribution is 5.66. The second kappa shape index (κ2) is 31.2. The van der Waals surface area contributed by atoms with E-state index in [4.69, 9.17) is 7.85 Å². The largest absolute Gasteiger partial charge is 0.481 e. The molecule has 0 aromatic carbocycles. The van der Waals surface area contributed by atoms with E-state index in [9.17, 15) is 4.79 Å². The number of aliphatic carboxylic acids is 1. The quantitative estimate of drug-likeness (QED) is 0.0899. The maximum absolute atomic E-state index is 10.5. The number of carboxylic acid groups (broad SMARTS) is 1. The topological polar surface area (TPSA) is 37.3 Å². The van der Waals surface area contributed by atoms with Crippen molar-refractivity contribution in [1.29, 1.82) is 0 Å². The summed E-state index contributed by atoms with van der Waals surface area (Å²) in [5.74, 6) is -0.689. The lowest BCUT2D eigenvalue weighted by Gasteiger charge is -2.03. The average Bonchev–Trinajstić information content (AvgIpc) is 2.88. The van der Waals surface area contributed by atoms with Gasteiger partial charge in [0, 0.05) is 9.16 Å². The van der Waals surface area contributed by atoms with Crippen molar-refractivity contribution in [3.63, 3.8) is 0 Å². The Bertz CT molecular complexity index is 674. The molecule has 0 saturated heterocycles. The molecule has 2 heteroatoms. The number of carbonyl (C=O) groups is 1. The van der Waals surface area contributed by atoms with Crippen LogP contribution in [0.5, 0.6) is 0 Å². The van der Waals surface area contributed by atoms with Crippen molar-refractivity contribution in [1.82, 2.24) is 0 Å². The predicted molar refractivity (Wildman–Crippen MR) is 161 cm³/mol. The molecule has 0 amide bonds. The normalized spacial score (nSPS) is 13.7. The van der Waals surface area contributed by atoms with Gasteiger partial charge in [0.2, 0.25) is 0 Å². The molecule has 36 heavy (non-hydrogen) atoms. The smallest absolute Gasteiger partial charge is 0.303 e. The van der Waals surface area contributed by atoms with Gasteiger partial charge in [0.15, 0.2) is 0 Å². The van der Waals surface area contributed by atoms with E-state index in [0.717, 1.165) is 89.9 Å². The van der Waals surface area contributed by atoms with Crippen molar-refractivity contribution >= 4 is 5.97 Å². The van der Waals surface area contributed by atoms with Gasteiger partial charge < -0.3 is 5.11 Å². The maximum atomic E-state index is 10.5. The standard InChI is InChI=1S/C34H58O2/c1-2-3-4-5-6-7-8-9-10-11-12-13-14-15-16-17-18-19-20-21-22-23-24-25-26-27-28-29-30-31-32-33-34(35)36/h3-4,6-7,9-10,12-13,15-16H,2,5,8,11,14,17-33H2,1H3,(H,35,36)/b4-3-,7-6-,10-9-,13-12-,16-15-/i22D2. The second-order valence-electron chi connectivity index (χ2n) is 9.63. The third kappa shape index (κ3) is 32.2. The van der Waals surface area contributed by atoms with Crippen LogP contribution in [0.15, 0.2) is 60.8 Å². The molecule has 2 nitrogen and oxygen atoms in total. The van der Waals surface area contributed by atoms with Gasteiger partial charge in [-0.1, -0.05) is 151 Å². The summed E-state index contributed by atoms with van der Waals surface area (Å²) in [7, 11) is 0. The summed E-state index contributed by atoms with van der Waals surface area (Å²) in [6, 6.07) is 0. The molecule has 0 atom stereocenters. The first kappa shape index (κ1) is 30.4. The van der Waals surface area contributed by atoms with Crippen LogP contribution in [-0.2, 0) is 4.79 Å². The van der Waals surface area contributed by atoms with Gasteiger partial charge in [0.1, 0.15) is 0 Å². The Kier molecular flexibility index (Phi) is 26.3. The molecule has 1 N–H and O–H groups in total. The number of allylic oxidation sites excluding steroid dienone is 10. The molecule has 0 aliphatic carbocycles. The van der Waals surface area contributed by atoms with E-state index in [2.05, 4.69) is 67.7 Å². The Morgan fingerprint density at radius 2 is 0.889 bits per heavy atom. The van der Waals surface area contributed by atoms with Crippen molar-refractivity contribution in [3.8, 4) is 0 Å². The molecule has 0 spiro atoms. The highest BCUT2D eigenvalue weighted by atomic mass is 16.4. The Hall–Kier alpha value is -1.83. The average molecular weight is 501 g/mol. The molecule has 0 aliphatic rings. The number of unbranched alkanes of at least 4 members (excludes halogenated alkanes) is 11. The fourth-order valence-corrected chi connectivity index (χ4v) is 3.95. The van der Waals surface area contributed by atoms with E-state index >= 15 is 0 Å². The van der Waals surface area contributed by atoms with Crippen LogP contribution in [0.25, 0.3) is 0 Å². The van der Waals surface area contributed by atoms with E-state index < -0.39 is 12.3 Å². The van der Waals surface area contributed by atoms with Gasteiger partial charge in [-0.25, -0.2) is 0 Å². The van der Waals surface area contributed by atoms with Crippen LogP contribution in [0, 0.1) is 0 Å². The van der Waals surface area contributed by atoms with Gasteiger partial charge in [-0.15, -0.1) is 0 Å². The van der Waals surface area contributed by atoms with Gasteiger partial charge >= 0.3 is 5.97 Å². The molecule has 0 aliphatic heterocycles. The first-order valence-corrected chi connectivity index (χ1v) is 14.9. The van der Waals surface area contributed by atoms with Crippen LogP contribution in [0.2, 0.25) is 0 Å². The number of carboxylic acids is 1. The fraction of sp³-hybridized carbons (Fsp3) is 0.676. The number of hydrogen-bond acceptors (Lipinski definition) is 1. The Labute approximate surface area is 227 Å². The first-order chi connectivity index (χ1) is 18.5. The summed E-state index contributed by atoms with van der Waals surface area (Å²) < 4.78 is 16.5. The van der Waals surface area contributed by atoms with Gasteiger partial charge in [0.25, 0.3) is 0 Å². The van der Waals surface area contributed by atoms with E-state index in [0.29, 0.717) is 19.3 Å². The van der Waals surface area contributed by atoms with Crippen LogP contribution in [-0.4, -0.2) is 11.1 Å². The van der Waals surface area contributed by atoms with Crippen molar-refractivity contribution in [2.75, 3.05) is 0 Å². The molecule has 0 bridgehead atoms. The molecule has 0 aromatic heterocycles. The molecule has 0 unspecified atom stereocenters. The molecule has 0 heterocycles. The molecular formula is C34H58O2. The lowest BCUT2D eigenvalue weighted by molar-refractivity contribution is -0.137. The van der Waals surface area contributed by atoms with Crippen LogP contribution in [0.4, 0.5) is 0 Å². The zero-order chi connectivity index (χ0) is 28.0. The molecule has 0 radical (unpaired) electrons. The molecule has 0 rings (SSSR count). The molecule has 0 aromatic rings. The van der Waals surface area contributed by atoms with Crippen molar-refractivity contribution < 1.29 is 12.6 Å². The van der Waals surface area contributed by atoms with E-state index in [1.807, 2.05) is 0 Å². The Balaban J connectivity index is 3.52. The maximum Gasteiger partial charge on any atom is 0.303 e. The molecule has 0 fully saturated rings. The molecular weight excluding hydrogens is 440 g/mol. The van der Waals surface area contributed by atoms with Gasteiger partial charge in [-0.05, 0) is 51.4 Å². The van der Waals surface area contributed by atoms with Crippen LogP contribution >= 0.6 is 0 Å². The van der Waals surface area contributed by atoms with E-state index in [-0.39, 0.29) is 0 Å². The number of rotatable bonds is 27. The summed E-state index contributed by atoms with van der Waals surface area (Å²) in [5, 5.41) is 8.62.